The summed E-state index contributed by atoms with van der Waals surface area (Å²) >= 11 is 0. The van der Waals surface area contributed by atoms with Gasteiger partial charge in [0.2, 0.25) is 23.6 Å². The van der Waals surface area contributed by atoms with E-state index in [1.165, 1.54) is 0 Å². The topological polar surface area (TPSA) is 194 Å². The molecule has 11 heteroatoms. The zero-order chi connectivity index (χ0) is 25.0. The third kappa shape index (κ3) is 10.1. The van der Waals surface area contributed by atoms with Crippen molar-refractivity contribution < 1.29 is 29.1 Å². The van der Waals surface area contributed by atoms with Gasteiger partial charge in [-0.2, -0.15) is 0 Å². The number of carbonyl (C=O) groups excluding carboxylic acids is 4. The van der Waals surface area contributed by atoms with Crippen molar-refractivity contribution in [2.45, 2.75) is 57.7 Å². The average Bonchev–Trinajstić information content (AvgIpc) is 2.78. The highest BCUT2D eigenvalue weighted by atomic mass is 16.4. The van der Waals surface area contributed by atoms with Crippen LogP contribution in [0.2, 0.25) is 0 Å². The van der Waals surface area contributed by atoms with Gasteiger partial charge in [-0.25, -0.2) is 0 Å². The molecule has 0 fully saturated rings. The lowest BCUT2D eigenvalue weighted by Gasteiger charge is -2.25. The van der Waals surface area contributed by atoms with Gasteiger partial charge in [-0.3, -0.25) is 24.0 Å². The van der Waals surface area contributed by atoms with Gasteiger partial charge in [-0.05, 0) is 17.9 Å². The Morgan fingerprint density at radius 1 is 0.970 bits per heavy atom. The molecule has 1 aromatic rings. The van der Waals surface area contributed by atoms with Gasteiger partial charge in [0.1, 0.15) is 18.6 Å². The lowest BCUT2D eigenvalue weighted by molar-refractivity contribution is -0.138. The average molecular weight is 464 g/mol. The first-order valence-corrected chi connectivity index (χ1v) is 10.7. The number of primary amides is 1. The molecule has 1 rings (SSSR count). The van der Waals surface area contributed by atoms with E-state index in [4.69, 9.17) is 16.6 Å². The summed E-state index contributed by atoms with van der Waals surface area (Å²) < 4.78 is 0. The second-order valence-electron chi connectivity index (χ2n) is 7.84. The number of nitrogens with one attached hydrogen (secondary N) is 3. The lowest BCUT2D eigenvalue weighted by atomic mass is 9.98. The summed E-state index contributed by atoms with van der Waals surface area (Å²) in [5.41, 5.74) is 11.9. The Morgan fingerprint density at radius 3 is 2.12 bits per heavy atom. The van der Waals surface area contributed by atoms with E-state index in [0.29, 0.717) is 6.42 Å². The predicted molar refractivity (Wildman–Crippen MR) is 121 cm³/mol. The highest BCUT2D eigenvalue weighted by Gasteiger charge is 2.29. The first kappa shape index (κ1) is 27.6. The van der Waals surface area contributed by atoms with Gasteiger partial charge in [0, 0.05) is 12.8 Å². The van der Waals surface area contributed by atoms with Gasteiger partial charge < -0.3 is 32.5 Å². The molecule has 0 aliphatic carbocycles. The monoisotopic (exact) mass is 463 g/mol. The molecule has 0 saturated carbocycles. The van der Waals surface area contributed by atoms with E-state index in [0.717, 1.165) is 5.56 Å². The van der Waals surface area contributed by atoms with Crippen LogP contribution in [0.4, 0.5) is 0 Å². The van der Waals surface area contributed by atoms with Crippen molar-refractivity contribution in [1.29, 1.82) is 0 Å². The van der Waals surface area contributed by atoms with Crippen molar-refractivity contribution in [2.75, 3.05) is 6.54 Å². The second kappa shape index (κ2) is 13.8. The number of carboxylic acids is 1. The van der Waals surface area contributed by atoms with Gasteiger partial charge in [0.25, 0.3) is 0 Å². The third-order valence-corrected chi connectivity index (χ3v) is 5.20. The fraction of sp³-hybridized carbons (Fsp3) is 0.500. The summed E-state index contributed by atoms with van der Waals surface area (Å²) in [6.07, 6.45) is 0.457. The maximum atomic E-state index is 13.1. The molecule has 4 unspecified atom stereocenters. The van der Waals surface area contributed by atoms with Gasteiger partial charge in [0.15, 0.2) is 0 Å². The van der Waals surface area contributed by atoms with Crippen molar-refractivity contribution in [3.05, 3.63) is 35.9 Å². The third-order valence-electron chi connectivity index (χ3n) is 5.20. The van der Waals surface area contributed by atoms with E-state index >= 15 is 0 Å². The molecule has 11 nitrogen and oxygen atoms in total. The number of benzene rings is 1. The van der Waals surface area contributed by atoms with Crippen LogP contribution in [0.25, 0.3) is 0 Å². The van der Waals surface area contributed by atoms with Crippen molar-refractivity contribution >= 4 is 29.6 Å². The van der Waals surface area contributed by atoms with Crippen LogP contribution in [0.3, 0.4) is 0 Å². The number of nitrogens with two attached hydrogens (primary N) is 2. The molecule has 0 saturated heterocycles. The van der Waals surface area contributed by atoms with Crippen molar-refractivity contribution in [1.82, 2.24) is 16.0 Å². The number of aliphatic carboxylic acids is 1. The Balaban J connectivity index is 3.04. The van der Waals surface area contributed by atoms with Crippen LogP contribution in [0.1, 0.15) is 38.7 Å². The van der Waals surface area contributed by atoms with Crippen molar-refractivity contribution in [3.63, 3.8) is 0 Å². The van der Waals surface area contributed by atoms with Gasteiger partial charge in [-0.1, -0.05) is 50.6 Å². The highest BCUT2D eigenvalue weighted by molar-refractivity contribution is 5.94. The molecule has 4 atom stereocenters. The van der Waals surface area contributed by atoms with Crippen LogP contribution in [0.15, 0.2) is 30.3 Å². The van der Waals surface area contributed by atoms with E-state index in [2.05, 4.69) is 16.0 Å². The van der Waals surface area contributed by atoms with E-state index in [9.17, 15) is 24.0 Å². The van der Waals surface area contributed by atoms with Crippen LogP contribution < -0.4 is 27.4 Å². The van der Waals surface area contributed by atoms with Crippen LogP contribution in [0, 0.1) is 5.92 Å². The number of carbonyl (C=O) groups is 5. The fourth-order valence-corrected chi connectivity index (χ4v) is 2.95. The molecule has 0 aliphatic heterocycles. The maximum Gasteiger partial charge on any atom is 0.322 e. The summed E-state index contributed by atoms with van der Waals surface area (Å²) in [6, 6.07) is 5.84. The van der Waals surface area contributed by atoms with Crippen molar-refractivity contribution in [3.8, 4) is 0 Å². The number of carboxylic acid groups (broad SMARTS) is 1. The number of amides is 4. The molecule has 0 bridgehead atoms. The zero-order valence-corrected chi connectivity index (χ0v) is 18.9. The maximum absolute atomic E-state index is 13.1. The van der Waals surface area contributed by atoms with Crippen LogP contribution in [0.5, 0.6) is 0 Å². The van der Waals surface area contributed by atoms with Crippen LogP contribution in [-0.4, -0.2) is 59.4 Å². The fourth-order valence-electron chi connectivity index (χ4n) is 2.95. The molecule has 8 N–H and O–H groups in total. The highest BCUT2D eigenvalue weighted by Crippen LogP contribution is 2.09. The SMILES string of the molecule is CCC(C)C(N)C(=O)NC(Cc1ccccc1)C(=O)NC(CCC(N)=O)C(=O)NCC(=O)O. The Morgan fingerprint density at radius 2 is 1.58 bits per heavy atom. The molecular formula is C22H33N5O6. The largest absolute Gasteiger partial charge is 0.480 e. The summed E-state index contributed by atoms with van der Waals surface area (Å²) in [5.74, 6) is -4.04. The molecule has 0 aromatic heterocycles. The van der Waals surface area contributed by atoms with Gasteiger partial charge in [-0.15, -0.1) is 0 Å². The second-order valence-corrected chi connectivity index (χ2v) is 7.84. The molecule has 33 heavy (non-hydrogen) atoms. The van der Waals surface area contributed by atoms with Gasteiger partial charge in [0.05, 0.1) is 6.04 Å². The smallest absolute Gasteiger partial charge is 0.322 e. The molecule has 0 radical (unpaired) electrons. The van der Waals surface area contributed by atoms with Crippen molar-refractivity contribution in [2.24, 2.45) is 17.4 Å². The summed E-state index contributed by atoms with van der Waals surface area (Å²) in [7, 11) is 0. The number of hydrogen-bond donors (Lipinski definition) is 6. The van der Waals surface area contributed by atoms with E-state index in [1.54, 1.807) is 24.3 Å². The standard InChI is InChI=1S/C22H33N5O6/c1-3-13(2)19(24)22(33)27-16(11-14-7-5-4-6-8-14)21(32)26-15(9-10-17(23)28)20(31)25-12-18(29)30/h4-8,13,15-16,19H,3,9-12,24H2,1-2H3,(H2,23,28)(H,25,31)(H,26,32)(H,27,33)(H,29,30). The number of rotatable bonds is 14. The minimum Gasteiger partial charge on any atom is -0.480 e. The Bertz CT molecular complexity index is 832. The number of hydrogen-bond acceptors (Lipinski definition) is 6. The first-order valence-electron chi connectivity index (χ1n) is 10.7. The lowest BCUT2D eigenvalue weighted by Crippen LogP contribution is -2.57. The zero-order valence-electron chi connectivity index (χ0n) is 18.9. The summed E-state index contributed by atoms with van der Waals surface area (Å²) in [4.78, 5) is 60.0. The van der Waals surface area contributed by atoms with Gasteiger partial charge >= 0.3 is 5.97 Å². The molecule has 182 valence electrons. The van der Waals surface area contributed by atoms with E-state index < -0.39 is 54.3 Å². The minimum absolute atomic E-state index is 0.115. The normalized spacial score (nSPS) is 14.3. The quantitative estimate of drug-likeness (QED) is 0.204. The van der Waals surface area contributed by atoms with Crippen LogP contribution in [-0.2, 0) is 30.4 Å². The summed E-state index contributed by atoms with van der Waals surface area (Å²) in [6.45, 7) is 3.06. The Hall–Kier alpha value is -3.47. The van der Waals surface area contributed by atoms with E-state index in [-0.39, 0.29) is 25.2 Å². The van der Waals surface area contributed by atoms with E-state index in [1.807, 2.05) is 19.9 Å². The molecule has 0 aliphatic rings. The molecule has 4 amide bonds. The molecular weight excluding hydrogens is 430 g/mol. The Kier molecular flexibility index (Phi) is 11.6. The molecule has 0 spiro atoms. The predicted octanol–water partition coefficient (Wildman–Crippen LogP) is -0.962. The Labute approximate surface area is 192 Å². The van der Waals surface area contributed by atoms with Crippen LogP contribution >= 0.6 is 0 Å². The molecule has 1 aromatic carbocycles. The minimum atomic E-state index is -1.27. The molecule has 0 heterocycles. The summed E-state index contributed by atoms with van der Waals surface area (Å²) in [5, 5.41) is 16.1. The first-order chi connectivity index (χ1) is 15.5.